The van der Waals surface area contributed by atoms with Crippen molar-refractivity contribution in [3.8, 4) is 5.75 Å². The first-order valence-electron chi connectivity index (χ1n) is 14.5. The fourth-order valence-corrected chi connectivity index (χ4v) is 7.01. The standard InChI is InChI=1S/C30H40N6O3/c1-33-13-15-35(16-14-33)29(37)21-12-11-20(26(17-21)39-3)18-27-31-19-25-28(32-27)36(22-7-4-5-8-22)24-10-6-9-23(24)30(38)34(25)2/h11-12,17,19,22-24H,4-10,13-16,18H2,1-3H3/t23-,24+/m0/s1. The number of fused-ring (bicyclic) bond motifs is 2. The largest absolute Gasteiger partial charge is 0.496 e. The van der Waals surface area contributed by atoms with Crippen LogP contribution in [-0.2, 0) is 11.2 Å². The lowest BCUT2D eigenvalue weighted by Gasteiger charge is -2.36. The number of likely N-dealkylation sites (N-methyl/N-ethyl adjacent to an activating group) is 1. The van der Waals surface area contributed by atoms with Gasteiger partial charge in [-0.15, -0.1) is 0 Å². The zero-order chi connectivity index (χ0) is 27.1. The molecule has 3 fully saturated rings. The summed E-state index contributed by atoms with van der Waals surface area (Å²) in [6.07, 6.45) is 10.1. The molecule has 0 bridgehead atoms. The lowest BCUT2D eigenvalue weighted by molar-refractivity contribution is -0.122. The third kappa shape index (κ3) is 4.86. The normalized spacial score (nSPS) is 24.1. The fraction of sp³-hybridized carbons (Fsp3) is 0.600. The van der Waals surface area contributed by atoms with E-state index in [0.29, 0.717) is 29.6 Å². The topological polar surface area (TPSA) is 82.1 Å². The lowest BCUT2D eigenvalue weighted by Crippen LogP contribution is -2.47. The van der Waals surface area contributed by atoms with E-state index in [2.05, 4.69) is 16.8 Å². The van der Waals surface area contributed by atoms with Gasteiger partial charge in [0.05, 0.1) is 19.2 Å². The van der Waals surface area contributed by atoms with Crippen molar-refractivity contribution < 1.29 is 14.3 Å². The summed E-state index contributed by atoms with van der Waals surface area (Å²) in [6, 6.07) is 6.34. The second-order valence-electron chi connectivity index (χ2n) is 11.6. The average molecular weight is 533 g/mol. The summed E-state index contributed by atoms with van der Waals surface area (Å²) >= 11 is 0. The molecule has 0 N–H and O–H groups in total. The van der Waals surface area contributed by atoms with E-state index in [1.54, 1.807) is 12.0 Å². The number of anilines is 2. The first-order chi connectivity index (χ1) is 18.9. The summed E-state index contributed by atoms with van der Waals surface area (Å²) in [5.41, 5.74) is 2.39. The van der Waals surface area contributed by atoms with Crippen LogP contribution >= 0.6 is 0 Å². The number of amides is 2. The molecule has 1 saturated heterocycles. The summed E-state index contributed by atoms with van der Waals surface area (Å²) in [7, 11) is 5.60. The molecule has 2 aromatic rings. The minimum atomic E-state index is 0.0266. The predicted molar refractivity (Wildman–Crippen MR) is 151 cm³/mol. The van der Waals surface area contributed by atoms with Gasteiger partial charge in [-0.2, -0.15) is 0 Å². The molecule has 6 rings (SSSR count). The van der Waals surface area contributed by atoms with Crippen LogP contribution in [0.3, 0.4) is 0 Å². The highest BCUT2D eigenvalue weighted by Gasteiger charge is 2.46. The van der Waals surface area contributed by atoms with E-state index in [1.165, 1.54) is 12.8 Å². The van der Waals surface area contributed by atoms with E-state index in [9.17, 15) is 9.59 Å². The highest BCUT2D eigenvalue weighted by molar-refractivity contribution is 5.99. The smallest absolute Gasteiger partial charge is 0.254 e. The SMILES string of the molecule is COc1cc(C(=O)N2CCN(C)CC2)ccc1Cc1ncc2c(n1)N(C1CCCC1)[C@@H]1CCC[C@@H]1C(=O)N2C. The number of ether oxygens (including phenoxy) is 1. The molecular formula is C30H40N6O3. The van der Waals surface area contributed by atoms with Gasteiger partial charge in [0.2, 0.25) is 5.91 Å². The van der Waals surface area contributed by atoms with Crippen LogP contribution in [0.2, 0.25) is 0 Å². The number of hydrogen-bond donors (Lipinski definition) is 0. The molecule has 1 aromatic carbocycles. The Bertz CT molecular complexity index is 1240. The Morgan fingerprint density at radius 2 is 1.79 bits per heavy atom. The van der Waals surface area contributed by atoms with Gasteiger partial charge >= 0.3 is 0 Å². The van der Waals surface area contributed by atoms with Crippen LogP contribution in [0.1, 0.15) is 66.7 Å². The molecule has 4 aliphatic rings. The van der Waals surface area contributed by atoms with Crippen molar-refractivity contribution in [2.24, 2.45) is 5.92 Å². The van der Waals surface area contributed by atoms with E-state index in [4.69, 9.17) is 14.7 Å². The van der Waals surface area contributed by atoms with Crippen LogP contribution in [0.4, 0.5) is 11.5 Å². The van der Waals surface area contributed by atoms with Crippen molar-refractivity contribution in [2.45, 2.75) is 63.5 Å². The summed E-state index contributed by atoms with van der Waals surface area (Å²) in [6.45, 7) is 3.24. The van der Waals surface area contributed by atoms with E-state index in [1.807, 2.05) is 36.3 Å². The van der Waals surface area contributed by atoms with Crippen molar-refractivity contribution in [3.63, 3.8) is 0 Å². The highest BCUT2D eigenvalue weighted by Crippen LogP contribution is 2.44. The number of aromatic nitrogens is 2. The molecule has 9 nitrogen and oxygen atoms in total. The molecule has 9 heteroatoms. The van der Waals surface area contributed by atoms with Gasteiger partial charge in [-0.25, -0.2) is 9.97 Å². The Kier molecular flexibility index (Phi) is 7.18. The number of benzene rings is 1. The molecule has 0 radical (unpaired) electrons. The Morgan fingerprint density at radius 1 is 1.03 bits per heavy atom. The van der Waals surface area contributed by atoms with E-state index in [-0.39, 0.29) is 23.8 Å². The molecule has 0 spiro atoms. The fourth-order valence-electron chi connectivity index (χ4n) is 7.01. The molecular weight excluding hydrogens is 492 g/mol. The molecule has 0 unspecified atom stereocenters. The van der Waals surface area contributed by atoms with Crippen molar-refractivity contribution in [2.75, 3.05) is 57.2 Å². The van der Waals surface area contributed by atoms with Crippen LogP contribution in [0.25, 0.3) is 0 Å². The summed E-state index contributed by atoms with van der Waals surface area (Å²) in [5.74, 6) is 2.53. The number of carbonyl (C=O) groups is 2. The molecule has 2 saturated carbocycles. The molecule has 39 heavy (non-hydrogen) atoms. The maximum Gasteiger partial charge on any atom is 0.254 e. The zero-order valence-corrected chi connectivity index (χ0v) is 23.4. The van der Waals surface area contributed by atoms with Crippen molar-refractivity contribution in [1.29, 1.82) is 0 Å². The van der Waals surface area contributed by atoms with Crippen molar-refractivity contribution >= 4 is 23.3 Å². The Labute approximate surface area is 231 Å². The Hall–Kier alpha value is -3.20. The molecule has 1 aromatic heterocycles. The quantitative estimate of drug-likeness (QED) is 0.584. The Balaban J connectivity index is 1.30. The minimum absolute atomic E-state index is 0.0266. The number of rotatable bonds is 5. The second kappa shape index (κ2) is 10.8. The minimum Gasteiger partial charge on any atom is -0.496 e. The van der Waals surface area contributed by atoms with Gasteiger partial charge < -0.3 is 24.3 Å². The van der Waals surface area contributed by atoms with E-state index >= 15 is 0 Å². The summed E-state index contributed by atoms with van der Waals surface area (Å²) in [5, 5.41) is 0. The maximum atomic E-state index is 13.4. The highest BCUT2D eigenvalue weighted by atomic mass is 16.5. The van der Waals surface area contributed by atoms with Gasteiger partial charge in [-0.3, -0.25) is 9.59 Å². The monoisotopic (exact) mass is 532 g/mol. The van der Waals surface area contributed by atoms with Gasteiger partial charge in [0.25, 0.3) is 5.91 Å². The van der Waals surface area contributed by atoms with Gasteiger partial charge in [-0.1, -0.05) is 25.3 Å². The Morgan fingerprint density at radius 3 is 2.54 bits per heavy atom. The molecule has 2 aliphatic heterocycles. The molecule has 208 valence electrons. The first-order valence-corrected chi connectivity index (χ1v) is 14.5. The molecule has 2 atom stereocenters. The molecule has 2 amide bonds. The number of nitrogens with zero attached hydrogens (tertiary/aromatic N) is 6. The van der Waals surface area contributed by atoms with Crippen molar-refractivity contribution in [1.82, 2.24) is 19.8 Å². The molecule has 3 heterocycles. The third-order valence-corrected chi connectivity index (χ3v) is 9.28. The average Bonchev–Trinajstić information content (AvgIpc) is 3.65. The van der Waals surface area contributed by atoms with Gasteiger partial charge in [-0.05, 0) is 44.9 Å². The van der Waals surface area contributed by atoms with Crippen molar-refractivity contribution in [3.05, 3.63) is 41.3 Å². The zero-order valence-electron chi connectivity index (χ0n) is 23.4. The van der Waals surface area contributed by atoms with Gasteiger partial charge in [0.15, 0.2) is 5.82 Å². The van der Waals surface area contributed by atoms with E-state index < -0.39 is 0 Å². The summed E-state index contributed by atoms with van der Waals surface area (Å²) in [4.78, 5) is 44.9. The number of carbonyl (C=O) groups excluding carboxylic acids is 2. The maximum absolute atomic E-state index is 13.4. The number of piperazine rings is 1. The summed E-state index contributed by atoms with van der Waals surface area (Å²) < 4.78 is 5.74. The van der Waals surface area contributed by atoms with Crippen LogP contribution in [-0.4, -0.2) is 91.0 Å². The number of methoxy groups -OCH3 is 1. The van der Waals surface area contributed by atoms with Crippen LogP contribution < -0.4 is 14.5 Å². The predicted octanol–water partition coefficient (Wildman–Crippen LogP) is 3.36. The van der Waals surface area contributed by atoms with E-state index in [0.717, 1.165) is 75.4 Å². The third-order valence-electron chi connectivity index (χ3n) is 9.28. The first kappa shape index (κ1) is 26.0. The van der Waals surface area contributed by atoms with Gasteiger partial charge in [0, 0.05) is 62.9 Å². The molecule has 2 aliphatic carbocycles. The van der Waals surface area contributed by atoms with Gasteiger partial charge in [0.1, 0.15) is 17.3 Å². The second-order valence-corrected chi connectivity index (χ2v) is 11.6. The van der Waals surface area contributed by atoms with Crippen LogP contribution in [0.5, 0.6) is 5.75 Å². The number of hydrogen-bond acceptors (Lipinski definition) is 7. The van der Waals surface area contributed by atoms with Crippen LogP contribution in [0, 0.1) is 5.92 Å². The lowest BCUT2D eigenvalue weighted by atomic mass is 9.99. The van der Waals surface area contributed by atoms with Crippen LogP contribution in [0.15, 0.2) is 24.4 Å².